The zero-order valence-corrected chi connectivity index (χ0v) is 12.1. The van der Waals surface area contributed by atoms with Gasteiger partial charge in [-0.15, -0.1) is 0 Å². The molecule has 102 valence electrons. The SMILES string of the molecule is CCOC(=O)c1cnn(C(CC)CC)c1C(C)C. The van der Waals surface area contributed by atoms with Gasteiger partial charge < -0.3 is 4.74 Å². The summed E-state index contributed by atoms with van der Waals surface area (Å²) in [4.78, 5) is 11.9. The van der Waals surface area contributed by atoms with Gasteiger partial charge in [0.1, 0.15) is 5.56 Å². The van der Waals surface area contributed by atoms with Gasteiger partial charge in [0.15, 0.2) is 0 Å². The van der Waals surface area contributed by atoms with Crippen molar-refractivity contribution in [2.45, 2.75) is 59.4 Å². The van der Waals surface area contributed by atoms with Crippen LogP contribution in [0.4, 0.5) is 0 Å². The Kier molecular flexibility index (Phi) is 5.38. The predicted octanol–water partition coefficient (Wildman–Crippen LogP) is 3.54. The van der Waals surface area contributed by atoms with Crippen LogP contribution in [0.25, 0.3) is 0 Å². The molecule has 18 heavy (non-hydrogen) atoms. The Morgan fingerprint density at radius 3 is 2.39 bits per heavy atom. The highest BCUT2D eigenvalue weighted by atomic mass is 16.5. The zero-order valence-electron chi connectivity index (χ0n) is 12.1. The second-order valence-electron chi connectivity index (χ2n) is 4.73. The molecule has 0 radical (unpaired) electrons. The molecule has 0 aliphatic rings. The van der Waals surface area contributed by atoms with Crippen LogP contribution in [0, 0.1) is 0 Å². The Bertz CT molecular complexity index is 392. The fraction of sp³-hybridized carbons (Fsp3) is 0.714. The molecule has 0 saturated carbocycles. The maximum absolute atomic E-state index is 11.9. The summed E-state index contributed by atoms with van der Waals surface area (Å²) >= 11 is 0. The molecule has 4 nitrogen and oxygen atoms in total. The Morgan fingerprint density at radius 2 is 1.94 bits per heavy atom. The van der Waals surface area contributed by atoms with E-state index in [1.807, 2.05) is 11.6 Å². The Morgan fingerprint density at radius 1 is 1.33 bits per heavy atom. The van der Waals surface area contributed by atoms with Gasteiger partial charge in [0.05, 0.1) is 24.5 Å². The van der Waals surface area contributed by atoms with Crippen LogP contribution in [-0.4, -0.2) is 22.4 Å². The van der Waals surface area contributed by atoms with E-state index in [1.165, 1.54) is 0 Å². The van der Waals surface area contributed by atoms with Gasteiger partial charge in [0.2, 0.25) is 0 Å². The quantitative estimate of drug-likeness (QED) is 0.727. The van der Waals surface area contributed by atoms with E-state index in [0.717, 1.165) is 18.5 Å². The van der Waals surface area contributed by atoms with Crippen LogP contribution < -0.4 is 0 Å². The highest BCUT2D eigenvalue weighted by Crippen LogP contribution is 2.26. The molecule has 0 saturated heterocycles. The van der Waals surface area contributed by atoms with Gasteiger partial charge in [-0.25, -0.2) is 4.79 Å². The number of rotatable bonds is 6. The van der Waals surface area contributed by atoms with E-state index in [1.54, 1.807) is 6.20 Å². The van der Waals surface area contributed by atoms with Crippen molar-refractivity contribution in [3.05, 3.63) is 17.5 Å². The predicted molar refractivity (Wildman–Crippen MR) is 71.9 cm³/mol. The summed E-state index contributed by atoms with van der Waals surface area (Å²) in [6, 6.07) is 0.352. The Balaban J connectivity index is 3.18. The molecule has 0 fully saturated rings. The normalized spacial score (nSPS) is 11.3. The molecule has 0 N–H and O–H groups in total. The standard InChI is InChI=1S/C14H24N2O2/c1-6-11(7-2)16-13(10(4)5)12(9-15-16)14(17)18-8-3/h9-11H,6-8H2,1-5H3. The summed E-state index contributed by atoms with van der Waals surface area (Å²) in [6.07, 6.45) is 3.67. The van der Waals surface area contributed by atoms with Crippen LogP contribution in [0.5, 0.6) is 0 Å². The molecule has 0 spiro atoms. The summed E-state index contributed by atoms with van der Waals surface area (Å²) in [6.45, 7) is 10.7. The largest absolute Gasteiger partial charge is 0.462 e. The third kappa shape index (κ3) is 2.92. The van der Waals surface area contributed by atoms with Crippen molar-refractivity contribution in [1.82, 2.24) is 9.78 Å². The maximum atomic E-state index is 11.9. The second-order valence-corrected chi connectivity index (χ2v) is 4.73. The summed E-state index contributed by atoms with van der Waals surface area (Å²) in [7, 11) is 0. The number of carbonyl (C=O) groups is 1. The van der Waals surface area contributed by atoms with Gasteiger partial charge in [-0.2, -0.15) is 5.10 Å². The van der Waals surface area contributed by atoms with Crippen LogP contribution in [0.2, 0.25) is 0 Å². The zero-order chi connectivity index (χ0) is 13.7. The summed E-state index contributed by atoms with van der Waals surface area (Å²) < 4.78 is 7.08. The monoisotopic (exact) mass is 252 g/mol. The van der Waals surface area contributed by atoms with E-state index in [9.17, 15) is 4.79 Å². The van der Waals surface area contributed by atoms with E-state index in [-0.39, 0.29) is 11.9 Å². The lowest BCUT2D eigenvalue weighted by Gasteiger charge is -2.19. The molecule has 1 aromatic rings. The van der Waals surface area contributed by atoms with Crippen molar-refractivity contribution in [3.63, 3.8) is 0 Å². The van der Waals surface area contributed by atoms with E-state index in [2.05, 4.69) is 32.8 Å². The van der Waals surface area contributed by atoms with Gasteiger partial charge in [-0.1, -0.05) is 27.7 Å². The van der Waals surface area contributed by atoms with Crippen LogP contribution in [0.3, 0.4) is 0 Å². The lowest BCUT2D eigenvalue weighted by Crippen LogP contribution is -2.16. The molecule has 0 aliphatic heterocycles. The van der Waals surface area contributed by atoms with E-state index in [4.69, 9.17) is 4.74 Å². The number of hydrogen-bond donors (Lipinski definition) is 0. The van der Waals surface area contributed by atoms with Gasteiger partial charge in [-0.05, 0) is 25.7 Å². The average molecular weight is 252 g/mol. The molecule has 1 heterocycles. The molecule has 0 atom stereocenters. The Labute approximate surface area is 109 Å². The molecule has 1 aromatic heterocycles. The van der Waals surface area contributed by atoms with E-state index >= 15 is 0 Å². The minimum Gasteiger partial charge on any atom is -0.462 e. The van der Waals surface area contributed by atoms with Crippen molar-refractivity contribution in [3.8, 4) is 0 Å². The summed E-state index contributed by atoms with van der Waals surface area (Å²) in [5.74, 6) is -0.00841. The fourth-order valence-corrected chi connectivity index (χ4v) is 2.24. The van der Waals surface area contributed by atoms with Crippen LogP contribution in [-0.2, 0) is 4.74 Å². The average Bonchev–Trinajstić information content (AvgIpc) is 2.76. The van der Waals surface area contributed by atoms with Crippen molar-refractivity contribution in [2.75, 3.05) is 6.61 Å². The topological polar surface area (TPSA) is 44.1 Å². The minimum atomic E-state index is -0.265. The first-order chi connectivity index (χ1) is 8.56. The van der Waals surface area contributed by atoms with Crippen LogP contribution >= 0.6 is 0 Å². The van der Waals surface area contributed by atoms with Crippen LogP contribution in [0.15, 0.2) is 6.20 Å². The van der Waals surface area contributed by atoms with Crippen LogP contribution in [0.1, 0.15) is 75.5 Å². The third-order valence-electron chi connectivity index (χ3n) is 3.16. The number of carbonyl (C=O) groups excluding carboxylic acids is 1. The lowest BCUT2D eigenvalue weighted by molar-refractivity contribution is 0.0524. The second kappa shape index (κ2) is 6.57. The highest BCUT2D eigenvalue weighted by molar-refractivity contribution is 5.90. The molecule has 0 aromatic carbocycles. The number of nitrogens with zero attached hydrogens (tertiary/aromatic N) is 2. The smallest absolute Gasteiger partial charge is 0.341 e. The van der Waals surface area contributed by atoms with Gasteiger partial charge >= 0.3 is 5.97 Å². The molecule has 4 heteroatoms. The maximum Gasteiger partial charge on any atom is 0.341 e. The van der Waals surface area contributed by atoms with Gasteiger partial charge in [0, 0.05) is 0 Å². The molecule has 0 bridgehead atoms. The molecule has 1 rings (SSSR count). The fourth-order valence-electron chi connectivity index (χ4n) is 2.24. The number of hydrogen-bond acceptors (Lipinski definition) is 3. The number of esters is 1. The number of ether oxygens (including phenoxy) is 1. The molecule has 0 amide bonds. The first kappa shape index (κ1) is 14.7. The van der Waals surface area contributed by atoms with Crippen molar-refractivity contribution in [1.29, 1.82) is 0 Å². The first-order valence-corrected chi connectivity index (χ1v) is 6.81. The lowest BCUT2D eigenvalue weighted by atomic mass is 10.0. The summed E-state index contributed by atoms with van der Waals surface area (Å²) in [5, 5.41) is 4.40. The molecular formula is C14H24N2O2. The van der Waals surface area contributed by atoms with Gasteiger partial charge in [0.25, 0.3) is 0 Å². The van der Waals surface area contributed by atoms with Crippen molar-refractivity contribution < 1.29 is 9.53 Å². The summed E-state index contributed by atoms with van der Waals surface area (Å²) in [5.41, 5.74) is 1.60. The van der Waals surface area contributed by atoms with Gasteiger partial charge in [-0.3, -0.25) is 4.68 Å². The molecular weight excluding hydrogens is 228 g/mol. The van der Waals surface area contributed by atoms with Crippen molar-refractivity contribution in [2.24, 2.45) is 0 Å². The minimum absolute atomic E-state index is 0.257. The first-order valence-electron chi connectivity index (χ1n) is 6.81. The molecule has 0 unspecified atom stereocenters. The molecule has 0 aliphatic carbocycles. The highest BCUT2D eigenvalue weighted by Gasteiger charge is 2.23. The van der Waals surface area contributed by atoms with E-state index < -0.39 is 0 Å². The van der Waals surface area contributed by atoms with E-state index in [0.29, 0.717) is 18.2 Å². The number of aromatic nitrogens is 2. The third-order valence-corrected chi connectivity index (χ3v) is 3.16. The Hall–Kier alpha value is -1.32. The van der Waals surface area contributed by atoms with Crippen molar-refractivity contribution >= 4 is 5.97 Å².